The van der Waals surface area contributed by atoms with Gasteiger partial charge in [0.05, 0.1) is 11.4 Å². The van der Waals surface area contributed by atoms with Crippen molar-refractivity contribution < 1.29 is 17.7 Å². The predicted molar refractivity (Wildman–Crippen MR) is 110 cm³/mol. The number of hydrogen-bond donors (Lipinski definition) is 1. The van der Waals surface area contributed by atoms with Gasteiger partial charge in [0.25, 0.3) is 15.9 Å². The van der Waals surface area contributed by atoms with E-state index in [1.165, 1.54) is 4.90 Å². The molecule has 2 aromatic carbocycles. The molecule has 0 atom stereocenters. The zero-order chi connectivity index (χ0) is 21.2. The number of nitrogens with zero attached hydrogens (tertiary/aromatic N) is 2. The van der Waals surface area contributed by atoms with Crippen LogP contribution in [0.25, 0.3) is 0 Å². The Morgan fingerprint density at radius 3 is 2.38 bits per heavy atom. The topological polar surface area (TPSA) is 92.5 Å². The maximum Gasteiger partial charge on any atom is 0.262 e. The zero-order valence-electron chi connectivity index (χ0n) is 16.8. The maximum absolute atomic E-state index is 12.7. The van der Waals surface area contributed by atoms with Crippen molar-refractivity contribution in [2.45, 2.75) is 32.2 Å². The van der Waals surface area contributed by atoms with Gasteiger partial charge in [0, 0.05) is 24.4 Å². The third kappa shape index (κ3) is 4.83. The van der Waals surface area contributed by atoms with E-state index in [0.717, 1.165) is 5.56 Å². The average Bonchev–Trinajstić information content (AvgIpc) is 3.08. The zero-order valence-corrected chi connectivity index (χ0v) is 17.6. The van der Waals surface area contributed by atoms with Crippen LogP contribution >= 0.6 is 0 Å². The van der Waals surface area contributed by atoms with E-state index >= 15 is 0 Å². The van der Waals surface area contributed by atoms with Crippen molar-refractivity contribution in [3.05, 3.63) is 76.7 Å². The van der Waals surface area contributed by atoms with Crippen LogP contribution in [0.5, 0.6) is 0 Å². The highest BCUT2D eigenvalue weighted by Gasteiger charge is 2.18. The lowest BCUT2D eigenvalue weighted by Crippen LogP contribution is -2.26. The minimum Gasteiger partial charge on any atom is -0.361 e. The molecule has 7 nitrogen and oxygen atoms in total. The molecule has 0 unspecified atom stereocenters. The van der Waals surface area contributed by atoms with E-state index in [2.05, 4.69) is 9.88 Å². The molecule has 0 aliphatic heterocycles. The van der Waals surface area contributed by atoms with E-state index in [4.69, 9.17) is 4.52 Å². The van der Waals surface area contributed by atoms with Crippen LogP contribution in [-0.2, 0) is 16.6 Å². The van der Waals surface area contributed by atoms with Gasteiger partial charge in [-0.15, -0.1) is 0 Å². The minimum absolute atomic E-state index is 0.199. The molecule has 152 valence electrons. The minimum atomic E-state index is -3.72. The second kappa shape index (κ2) is 8.08. The summed E-state index contributed by atoms with van der Waals surface area (Å²) >= 11 is 0. The van der Waals surface area contributed by atoms with Crippen LogP contribution in [0.15, 0.2) is 57.9 Å². The summed E-state index contributed by atoms with van der Waals surface area (Å²) in [4.78, 5) is 14.3. The number of nitrogens with one attached hydrogen (secondary N) is 1. The number of anilines is 1. The molecule has 0 aliphatic carbocycles. The fourth-order valence-corrected chi connectivity index (χ4v) is 4.30. The molecule has 0 fully saturated rings. The lowest BCUT2D eigenvalue weighted by atomic mass is 10.2. The molecule has 0 spiro atoms. The summed E-state index contributed by atoms with van der Waals surface area (Å²) in [5.41, 5.74) is 3.03. The number of carbonyl (C=O) groups excluding carboxylic acids is 1. The van der Waals surface area contributed by atoms with Crippen molar-refractivity contribution in [2.75, 3.05) is 11.8 Å². The molecule has 1 heterocycles. The molecule has 1 aromatic heterocycles. The fourth-order valence-electron chi connectivity index (χ4n) is 2.92. The van der Waals surface area contributed by atoms with Crippen LogP contribution in [0.3, 0.4) is 0 Å². The summed E-state index contributed by atoms with van der Waals surface area (Å²) in [7, 11) is -2.05. The Morgan fingerprint density at radius 2 is 1.76 bits per heavy atom. The number of carbonyl (C=O) groups is 1. The highest BCUT2D eigenvalue weighted by atomic mass is 32.2. The van der Waals surface area contributed by atoms with Gasteiger partial charge in [0.2, 0.25) is 0 Å². The Hall–Kier alpha value is -3.13. The van der Waals surface area contributed by atoms with Crippen LogP contribution in [0, 0.1) is 20.8 Å². The Kier molecular flexibility index (Phi) is 5.74. The Morgan fingerprint density at radius 1 is 1.07 bits per heavy atom. The second-order valence-electron chi connectivity index (χ2n) is 7.04. The van der Waals surface area contributed by atoms with E-state index in [9.17, 15) is 13.2 Å². The quantitative estimate of drug-likeness (QED) is 0.666. The van der Waals surface area contributed by atoms with Crippen molar-refractivity contribution in [2.24, 2.45) is 0 Å². The van der Waals surface area contributed by atoms with Crippen LogP contribution in [0.4, 0.5) is 5.69 Å². The average molecular weight is 413 g/mol. The number of aromatic nitrogens is 1. The smallest absolute Gasteiger partial charge is 0.262 e. The molecule has 29 heavy (non-hydrogen) atoms. The van der Waals surface area contributed by atoms with Gasteiger partial charge < -0.3 is 9.42 Å². The van der Waals surface area contributed by atoms with E-state index in [1.54, 1.807) is 63.4 Å². The van der Waals surface area contributed by atoms with Crippen LogP contribution in [0.2, 0.25) is 0 Å². The molecule has 0 bridgehead atoms. The SMILES string of the molecule is Cc1ccc(C)c(S(=O)(=O)Nc2ccc(C(=O)N(C)Cc3cc(C)on3)cc2)c1. The van der Waals surface area contributed by atoms with Gasteiger partial charge in [0.1, 0.15) is 11.5 Å². The molecule has 1 amide bonds. The summed E-state index contributed by atoms with van der Waals surface area (Å²) in [6, 6.07) is 13.4. The molecule has 3 rings (SSSR count). The van der Waals surface area contributed by atoms with Gasteiger partial charge >= 0.3 is 0 Å². The predicted octanol–water partition coefficient (Wildman–Crippen LogP) is 3.67. The number of hydrogen-bond acceptors (Lipinski definition) is 5. The summed E-state index contributed by atoms with van der Waals surface area (Å²) in [5.74, 6) is 0.482. The fraction of sp³-hybridized carbons (Fsp3) is 0.238. The molecule has 1 N–H and O–H groups in total. The van der Waals surface area contributed by atoms with Gasteiger partial charge in [-0.25, -0.2) is 8.42 Å². The third-order valence-corrected chi connectivity index (χ3v) is 5.96. The van der Waals surface area contributed by atoms with Crippen molar-refractivity contribution in [3.63, 3.8) is 0 Å². The molecule has 0 saturated heterocycles. The molecule has 8 heteroatoms. The van der Waals surface area contributed by atoms with E-state index in [1.807, 2.05) is 13.0 Å². The summed E-state index contributed by atoms with van der Waals surface area (Å²) in [6.07, 6.45) is 0. The number of aryl methyl sites for hydroxylation is 3. The molecule has 3 aromatic rings. The van der Waals surface area contributed by atoms with Crippen LogP contribution in [-0.4, -0.2) is 31.4 Å². The van der Waals surface area contributed by atoms with Crippen molar-refractivity contribution >= 4 is 21.6 Å². The maximum atomic E-state index is 12.7. The lowest BCUT2D eigenvalue weighted by Gasteiger charge is -2.16. The van der Waals surface area contributed by atoms with Gasteiger partial charge in [-0.05, 0) is 62.2 Å². The monoisotopic (exact) mass is 413 g/mol. The van der Waals surface area contributed by atoms with Gasteiger partial charge in [-0.3, -0.25) is 9.52 Å². The number of benzene rings is 2. The van der Waals surface area contributed by atoms with Crippen molar-refractivity contribution in [3.8, 4) is 0 Å². The van der Waals surface area contributed by atoms with Crippen LogP contribution < -0.4 is 4.72 Å². The standard InChI is InChI=1S/C21H23N3O4S/c1-14-5-6-15(2)20(11-14)29(26,27)23-18-9-7-17(8-10-18)21(25)24(4)13-19-12-16(3)28-22-19/h5-12,23H,13H2,1-4H3. The Balaban J connectivity index is 1.72. The summed E-state index contributed by atoms with van der Waals surface area (Å²) < 4.78 is 33.0. The number of sulfonamides is 1. The first-order valence-electron chi connectivity index (χ1n) is 9.03. The molecular formula is C21H23N3O4S. The highest BCUT2D eigenvalue weighted by Crippen LogP contribution is 2.21. The van der Waals surface area contributed by atoms with Crippen LogP contribution in [0.1, 0.15) is 32.9 Å². The summed E-state index contributed by atoms with van der Waals surface area (Å²) in [5, 5.41) is 3.88. The van der Waals surface area contributed by atoms with Gasteiger partial charge in [-0.2, -0.15) is 0 Å². The molecule has 0 saturated carbocycles. The Labute approximate surface area is 170 Å². The van der Waals surface area contributed by atoms with Gasteiger partial charge in [0.15, 0.2) is 0 Å². The normalized spacial score (nSPS) is 11.3. The molecule has 0 aliphatic rings. The molecule has 0 radical (unpaired) electrons. The third-order valence-electron chi connectivity index (χ3n) is 4.44. The van der Waals surface area contributed by atoms with E-state index in [-0.39, 0.29) is 10.8 Å². The Bertz CT molecular complexity index is 1130. The van der Waals surface area contributed by atoms with Gasteiger partial charge in [-0.1, -0.05) is 17.3 Å². The number of rotatable bonds is 6. The van der Waals surface area contributed by atoms with E-state index in [0.29, 0.717) is 34.8 Å². The van der Waals surface area contributed by atoms with E-state index < -0.39 is 10.0 Å². The second-order valence-corrected chi connectivity index (χ2v) is 8.69. The first-order valence-corrected chi connectivity index (χ1v) is 10.5. The van der Waals surface area contributed by atoms with Crippen molar-refractivity contribution in [1.29, 1.82) is 0 Å². The largest absolute Gasteiger partial charge is 0.361 e. The molecular weight excluding hydrogens is 390 g/mol. The lowest BCUT2D eigenvalue weighted by molar-refractivity contribution is 0.0782. The first-order chi connectivity index (χ1) is 13.7. The van der Waals surface area contributed by atoms with Crippen molar-refractivity contribution in [1.82, 2.24) is 10.1 Å². The number of amides is 1. The highest BCUT2D eigenvalue weighted by molar-refractivity contribution is 7.92. The summed E-state index contributed by atoms with van der Waals surface area (Å²) in [6.45, 7) is 5.70. The first kappa shape index (κ1) is 20.6.